The van der Waals surface area contributed by atoms with Gasteiger partial charge in [0.05, 0.1) is 4.87 Å². The van der Waals surface area contributed by atoms with E-state index in [9.17, 15) is 0 Å². The maximum atomic E-state index is 6.38. The number of halogens is 1. The van der Waals surface area contributed by atoms with E-state index < -0.39 is 0 Å². The molecule has 3 aromatic carbocycles. The van der Waals surface area contributed by atoms with E-state index in [0.717, 1.165) is 5.56 Å². The zero-order valence-electron chi connectivity index (χ0n) is 10.6. The molecule has 0 radical (unpaired) electrons. The van der Waals surface area contributed by atoms with Crippen LogP contribution in [0.25, 0.3) is 21.5 Å². The lowest BCUT2D eigenvalue weighted by Crippen LogP contribution is -2.06. The first-order chi connectivity index (χ1) is 8.54. The van der Waals surface area contributed by atoms with Crippen LogP contribution in [0.4, 0.5) is 0 Å². The van der Waals surface area contributed by atoms with Crippen molar-refractivity contribution in [3.63, 3.8) is 0 Å². The summed E-state index contributed by atoms with van der Waals surface area (Å²) < 4.78 is 0. The van der Waals surface area contributed by atoms with E-state index in [0.29, 0.717) is 0 Å². The second-order valence-corrected chi connectivity index (χ2v) is 6.18. The first kappa shape index (κ1) is 11.6. The monoisotopic (exact) mass is 254 g/mol. The predicted octanol–water partition coefficient (Wildman–Crippen LogP) is 5.47. The number of rotatable bonds is 1. The molecule has 0 saturated carbocycles. The van der Waals surface area contributed by atoms with Crippen molar-refractivity contribution < 1.29 is 0 Å². The van der Waals surface area contributed by atoms with Crippen LogP contribution in [0.5, 0.6) is 0 Å². The van der Waals surface area contributed by atoms with Crippen LogP contribution in [-0.4, -0.2) is 0 Å². The van der Waals surface area contributed by atoms with Gasteiger partial charge in [-0.25, -0.2) is 0 Å². The third-order valence-electron chi connectivity index (χ3n) is 3.39. The Kier molecular flexibility index (Phi) is 2.57. The summed E-state index contributed by atoms with van der Waals surface area (Å²) in [4.78, 5) is -0.320. The maximum Gasteiger partial charge on any atom is 0.0639 e. The second kappa shape index (κ2) is 4.00. The summed E-state index contributed by atoms with van der Waals surface area (Å²) in [5, 5.41) is 5.07. The third-order valence-corrected chi connectivity index (χ3v) is 3.61. The summed E-state index contributed by atoms with van der Waals surface area (Å²) in [7, 11) is 0. The molecule has 1 heteroatoms. The van der Waals surface area contributed by atoms with E-state index in [-0.39, 0.29) is 4.87 Å². The molecule has 0 saturated heterocycles. The topological polar surface area (TPSA) is 0 Å². The van der Waals surface area contributed by atoms with Crippen molar-refractivity contribution in [3.05, 3.63) is 60.2 Å². The average Bonchev–Trinajstić information content (AvgIpc) is 2.34. The number of hydrogen-bond acceptors (Lipinski definition) is 0. The summed E-state index contributed by atoms with van der Waals surface area (Å²) in [5.74, 6) is 0. The molecule has 0 bridgehead atoms. The molecule has 90 valence electrons. The summed E-state index contributed by atoms with van der Waals surface area (Å²) in [6.45, 7) is 4.05. The number of fused-ring (bicyclic) bond motifs is 2. The highest BCUT2D eigenvalue weighted by molar-refractivity contribution is 6.23. The van der Waals surface area contributed by atoms with Crippen LogP contribution >= 0.6 is 11.6 Å². The van der Waals surface area contributed by atoms with Gasteiger partial charge in [-0.2, -0.15) is 0 Å². The van der Waals surface area contributed by atoms with Gasteiger partial charge in [-0.3, -0.25) is 0 Å². The molecule has 0 unspecified atom stereocenters. The van der Waals surface area contributed by atoms with Crippen LogP contribution in [0.3, 0.4) is 0 Å². The van der Waals surface area contributed by atoms with Crippen molar-refractivity contribution in [1.82, 2.24) is 0 Å². The fourth-order valence-electron chi connectivity index (χ4n) is 2.31. The number of benzene rings is 3. The zero-order valence-corrected chi connectivity index (χ0v) is 11.3. The normalized spacial score (nSPS) is 12.2. The third kappa shape index (κ3) is 1.97. The van der Waals surface area contributed by atoms with E-state index in [4.69, 9.17) is 11.6 Å². The van der Waals surface area contributed by atoms with Crippen molar-refractivity contribution >= 4 is 33.1 Å². The fourth-order valence-corrected chi connectivity index (χ4v) is 2.43. The molecule has 0 atom stereocenters. The second-order valence-electron chi connectivity index (χ2n) is 5.23. The standard InChI is InChI=1S/C17H15Cl/c1-17(2,18)16-8-7-14-9-12-5-3-4-6-13(12)10-15(14)11-16/h3-11H,1-2H3. The van der Waals surface area contributed by atoms with Crippen molar-refractivity contribution in [3.8, 4) is 0 Å². The molecule has 0 nitrogen and oxygen atoms in total. The first-order valence-corrected chi connectivity index (χ1v) is 6.54. The van der Waals surface area contributed by atoms with Gasteiger partial charge in [0, 0.05) is 0 Å². The van der Waals surface area contributed by atoms with Crippen LogP contribution in [0.15, 0.2) is 54.6 Å². The lowest BCUT2D eigenvalue weighted by atomic mass is 9.97. The molecule has 0 aromatic heterocycles. The van der Waals surface area contributed by atoms with Gasteiger partial charge < -0.3 is 0 Å². The smallest absolute Gasteiger partial charge is 0.0639 e. The SMILES string of the molecule is CC(C)(Cl)c1ccc2cc3ccccc3cc2c1. The van der Waals surface area contributed by atoms with E-state index in [1.54, 1.807) is 0 Å². The Hall–Kier alpha value is -1.53. The van der Waals surface area contributed by atoms with Crippen LogP contribution < -0.4 is 0 Å². The van der Waals surface area contributed by atoms with Gasteiger partial charge >= 0.3 is 0 Å². The molecule has 0 N–H and O–H groups in total. The quantitative estimate of drug-likeness (QED) is 0.399. The Balaban J connectivity index is 2.31. The molecule has 0 amide bonds. The minimum absolute atomic E-state index is 0.320. The van der Waals surface area contributed by atoms with Crippen LogP contribution in [0.1, 0.15) is 19.4 Å². The van der Waals surface area contributed by atoms with Crippen LogP contribution in [-0.2, 0) is 4.87 Å². The molecule has 0 aliphatic heterocycles. The average molecular weight is 255 g/mol. The Labute approximate surface area is 112 Å². The molecular formula is C17H15Cl. The Morgan fingerprint density at radius 2 is 1.28 bits per heavy atom. The van der Waals surface area contributed by atoms with E-state index >= 15 is 0 Å². The van der Waals surface area contributed by atoms with Gasteiger partial charge in [0.15, 0.2) is 0 Å². The van der Waals surface area contributed by atoms with Crippen LogP contribution in [0.2, 0.25) is 0 Å². The highest BCUT2D eigenvalue weighted by Crippen LogP contribution is 2.31. The van der Waals surface area contributed by atoms with Crippen molar-refractivity contribution in [1.29, 1.82) is 0 Å². The van der Waals surface area contributed by atoms with Crippen molar-refractivity contribution in [2.45, 2.75) is 18.7 Å². The molecular weight excluding hydrogens is 240 g/mol. The summed E-state index contributed by atoms with van der Waals surface area (Å²) in [6, 6.07) is 19.4. The van der Waals surface area contributed by atoms with Gasteiger partial charge in [0.2, 0.25) is 0 Å². The minimum Gasteiger partial charge on any atom is -0.115 e. The summed E-state index contributed by atoms with van der Waals surface area (Å²) in [5.41, 5.74) is 1.16. The molecule has 3 aromatic rings. The molecule has 0 spiro atoms. The molecule has 0 heterocycles. The number of alkyl halides is 1. The molecule has 0 aliphatic carbocycles. The van der Waals surface area contributed by atoms with Crippen molar-refractivity contribution in [2.75, 3.05) is 0 Å². The minimum atomic E-state index is -0.320. The highest BCUT2D eigenvalue weighted by atomic mass is 35.5. The van der Waals surface area contributed by atoms with Crippen LogP contribution in [0, 0.1) is 0 Å². The largest absolute Gasteiger partial charge is 0.115 e. The van der Waals surface area contributed by atoms with E-state index in [1.165, 1.54) is 21.5 Å². The Morgan fingerprint density at radius 3 is 1.89 bits per heavy atom. The predicted molar refractivity (Wildman–Crippen MR) is 80.3 cm³/mol. The lowest BCUT2D eigenvalue weighted by molar-refractivity contribution is 0.767. The lowest BCUT2D eigenvalue weighted by Gasteiger charge is -2.17. The molecule has 18 heavy (non-hydrogen) atoms. The van der Waals surface area contributed by atoms with Gasteiger partial charge in [0.1, 0.15) is 0 Å². The molecule has 0 fully saturated rings. The molecule has 0 aliphatic rings. The summed E-state index contributed by atoms with van der Waals surface area (Å²) >= 11 is 6.38. The first-order valence-electron chi connectivity index (χ1n) is 6.16. The fraction of sp³-hybridized carbons (Fsp3) is 0.176. The van der Waals surface area contributed by atoms with Gasteiger partial charge in [-0.1, -0.05) is 36.4 Å². The zero-order chi connectivity index (χ0) is 12.8. The number of hydrogen-bond donors (Lipinski definition) is 0. The van der Waals surface area contributed by atoms with Crippen molar-refractivity contribution in [2.24, 2.45) is 0 Å². The summed E-state index contributed by atoms with van der Waals surface area (Å²) in [6.07, 6.45) is 0. The van der Waals surface area contributed by atoms with Gasteiger partial charge in [0.25, 0.3) is 0 Å². The molecule has 3 rings (SSSR count). The highest BCUT2D eigenvalue weighted by Gasteiger charge is 2.16. The van der Waals surface area contributed by atoms with Gasteiger partial charge in [-0.15, -0.1) is 11.6 Å². The maximum absolute atomic E-state index is 6.38. The van der Waals surface area contributed by atoms with E-state index in [2.05, 4.69) is 54.6 Å². The van der Waals surface area contributed by atoms with Gasteiger partial charge in [-0.05, 0) is 59.2 Å². The Morgan fingerprint density at radius 1 is 0.722 bits per heavy atom. The Bertz CT molecular complexity index is 720. The van der Waals surface area contributed by atoms with E-state index in [1.807, 2.05) is 13.8 Å².